The first-order valence-electron chi connectivity index (χ1n) is 4.84. The topological polar surface area (TPSA) is 52.9 Å². The van der Waals surface area contributed by atoms with E-state index >= 15 is 0 Å². The summed E-state index contributed by atoms with van der Waals surface area (Å²) in [5, 5.41) is 11.6. The summed E-state index contributed by atoms with van der Waals surface area (Å²) in [7, 11) is 1.62. The molecular formula is C10H16N2O. The standard InChI is InChI=1S/C10H16N2O/c1-12-9(13)7-10(8-11)5-3-2-4-6-10/h2-7H2,1H3,(H,12,13). The maximum atomic E-state index is 11.2. The number of carbonyl (C=O) groups is 1. The Morgan fingerprint density at radius 3 is 2.54 bits per heavy atom. The molecule has 0 aromatic heterocycles. The van der Waals surface area contributed by atoms with Gasteiger partial charge >= 0.3 is 0 Å². The van der Waals surface area contributed by atoms with Crippen molar-refractivity contribution in [2.24, 2.45) is 5.41 Å². The first-order chi connectivity index (χ1) is 6.22. The van der Waals surface area contributed by atoms with Crippen molar-refractivity contribution in [2.75, 3.05) is 7.05 Å². The Kier molecular flexibility index (Phi) is 3.30. The van der Waals surface area contributed by atoms with Gasteiger partial charge in [0.1, 0.15) is 0 Å². The largest absolute Gasteiger partial charge is 0.359 e. The minimum absolute atomic E-state index is 0.0107. The summed E-state index contributed by atoms with van der Waals surface area (Å²) in [4.78, 5) is 11.2. The van der Waals surface area contributed by atoms with E-state index in [1.54, 1.807) is 7.05 Å². The molecule has 0 saturated heterocycles. The van der Waals surface area contributed by atoms with Gasteiger partial charge in [0, 0.05) is 13.5 Å². The summed E-state index contributed by atoms with van der Waals surface area (Å²) in [5.41, 5.74) is -0.363. The van der Waals surface area contributed by atoms with Crippen LogP contribution in [0.3, 0.4) is 0 Å². The Morgan fingerprint density at radius 2 is 2.08 bits per heavy atom. The van der Waals surface area contributed by atoms with Gasteiger partial charge in [0.05, 0.1) is 11.5 Å². The fraction of sp³-hybridized carbons (Fsp3) is 0.800. The van der Waals surface area contributed by atoms with Crippen molar-refractivity contribution in [3.8, 4) is 6.07 Å². The average Bonchev–Trinajstić information content (AvgIpc) is 2.19. The molecule has 1 fully saturated rings. The van der Waals surface area contributed by atoms with Crippen LogP contribution in [0.25, 0.3) is 0 Å². The predicted molar refractivity (Wildman–Crippen MR) is 49.8 cm³/mol. The van der Waals surface area contributed by atoms with Crippen LogP contribution in [-0.4, -0.2) is 13.0 Å². The zero-order valence-corrected chi connectivity index (χ0v) is 8.10. The minimum atomic E-state index is -0.363. The highest BCUT2D eigenvalue weighted by atomic mass is 16.1. The van der Waals surface area contributed by atoms with Crippen LogP contribution in [0, 0.1) is 16.7 Å². The highest BCUT2D eigenvalue weighted by molar-refractivity contribution is 5.76. The number of carbonyl (C=O) groups excluding carboxylic acids is 1. The molecule has 1 aliphatic carbocycles. The second-order valence-corrected chi connectivity index (χ2v) is 3.80. The summed E-state index contributed by atoms with van der Waals surface area (Å²) >= 11 is 0. The van der Waals surface area contributed by atoms with E-state index in [4.69, 9.17) is 5.26 Å². The summed E-state index contributed by atoms with van der Waals surface area (Å²) in [5.74, 6) is -0.0107. The van der Waals surface area contributed by atoms with Crippen LogP contribution in [0.5, 0.6) is 0 Å². The summed E-state index contributed by atoms with van der Waals surface area (Å²) in [6.07, 6.45) is 5.53. The van der Waals surface area contributed by atoms with E-state index < -0.39 is 0 Å². The monoisotopic (exact) mass is 180 g/mol. The molecule has 1 amide bonds. The quantitative estimate of drug-likeness (QED) is 0.701. The maximum absolute atomic E-state index is 11.2. The average molecular weight is 180 g/mol. The Labute approximate surface area is 79.1 Å². The molecule has 1 rings (SSSR count). The lowest BCUT2D eigenvalue weighted by Gasteiger charge is -2.29. The smallest absolute Gasteiger partial charge is 0.221 e. The van der Waals surface area contributed by atoms with Crippen LogP contribution in [0.4, 0.5) is 0 Å². The van der Waals surface area contributed by atoms with Crippen LogP contribution in [-0.2, 0) is 4.79 Å². The minimum Gasteiger partial charge on any atom is -0.359 e. The normalized spacial score (nSPS) is 20.3. The van der Waals surface area contributed by atoms with Gasteiger partial charge in [-0.1, -0.05) is 19.3 Å². The van der Waals surface area contributed by atoms with E-state index in [0.717, 1.165) is 25.7 Å². The van der Waals surface area contributed by atoms with Crippen molar-refractivity contribution in [2.45, 2.75) is 38.5 Å². The summed E-state index contributed by atoms with van der Waals surface area (Å²) in [6, 6.07) is 2.32. The van der Waals surface area contributed by atoms with Gasteiger partial charge in [0.25, 0.3) is 0 Å². The second kappa shape index (κ2) is 4.27. The van der Waals surface area contributed by atoms with Crippen LogP contribution >= 0.6 is 0 Å². The van der Waals surface area contributed by atoms with Gasteiger partial charge in [-0.15, -0.1) is 0 Å². The first-order valence-corrected chi connectivity index (χ1v) is 4.84. The Bertz CT molecular complexity index is 224. The van der Waals surface area contributed by atoms with Crippen molar-refractivity contribution < 1.29 is 4.79 Å². The van der Waals surface area contributed by atoms with Crippen LogP contribution in [0.15, 0.2) is 0 Å². The lowest BCUT2D eigenvalue weighted by Crippen LogP contribution is -2.30. The van der Waals surface area contributed by atoms with E-state index in [1.807, 2.05) is 0 Å². The molecule has 0 aliphatic heterocycles. The summed E-state index contributed by atoms with van der Waals surface area (Å²) in [6.45, 7) is 0. The number of nitrogens with zero attached hydrogens (tertiary/aromatic N) is 1. The molecule has 0 atom stereocenters. The molecule has 3 heteroatoms. The number of amides is 1. The third-order valence-electron chi connectivity index (χ3n) is 2.83. The highest BCUT2D eigenvalue weighted by Gasteiger charge is 2.33. The number of nitrogens with one attached hydrogen (secondary N) is 1. The van der Waals surface area contributed by atoms with Crippen molar-refractivity contribution in [1.82, 2.24) is 5.32 Å². The lowest BCUT2D eigenvalue weighted by molar-refractivity contribution is -0.122. The van der Waals surface area contributed by atoms with Gasteiger partial charge < -0.3 is 5.32 Å². The molecule has 0 heterocycles. The van der Waals surface area contributed by atoms with Gasteiger partial charge in [-0.05, 0) is 12.8 Å². The van der Waals surface area contributed by atoms with E-state index in [2.05, 4.69) is 11.4 Å². The molecule has 72 valence electrons. The highest BCUT2D eigenvalue weighted by Crippen LogP contribution is 2.38. The molecule has 1 saturated carbocycles. The number of rotatable bonds is 2. The zero-order valence-electron chi connectivity index (χ0n) is 8.10. The molecule has 0 aromatic rings. The number of nitriles is 1. The molecule has 13 heavy (non-hydrogen) atoms. The van der Waals surface area contributed by atoms with E-state index in [-0.39, 0.29) is 11.3 Å². The van der Waals surface area contributed by atoms with Crippen molar-refractivity contribution >= 4 is 5.91 Å². The van der Waals surface area contributed by atoms with E-state index in [0.29, 0.717) is 6.42 Å². The predicted octanol–water partition coefficient (Wildman–Crippen LogP) is 1.60. The molecule has 0 bridgehead atoms. The molecule has 0 spiro atoms. The lowest BCUT2D eigenvalue weighted by atomic mass is 9.73. The molecule has 0 unspecified atom stereocenters. The van der Waals surface area contributed by atoms with Crippen molar-refractivity contribution in [3.05, 3.63) is 0 Å². The fourth-order valence-electron chi connectivity index (χ4n) is 1.95. The van der Waals surface area contributed by atoms with Crippen LogP contribution in [0.1, 0.15) is 38.5 Å². The van der Waals surface area contributed by atoms with Crippen molar-refractivity contribution in [3.63, 3.8) is 0 Å². The molecule has 0 aromatic carbocycles. The fourth-order valence-corrected chi connectivity index (χ4v) is 1.95. The van der Waals surface area contributed by atoms with Crippen LogP contribution < -0.4 is 5.32 Å². The molecule has 3 nitrogen and oxygen atoms in total. The molecular weight excluding hydrogens is 164 g/mol. The number of hydrogen-bond acceptors (Lipinski definition) is 2. The third-order valence-corrected chi connectivity index (χ3v) is 2.83. The molecule has 1 aliphatic rings. The first kappa shape index (κ1) is 10.0. The Balaban J connectivity index is 2.59. The SMILES string of the molecule is CNC(=O)CC1(C#N)CCCCC1. The zero-order chi connectivity index (χ0) is 9.73. The van der Waals surface area contributed by atoms with E-state index in [9.17, 15) is 4.79 Å². The van der Waals surface area contributed by atoms with Crippen molar-refractivity contribution in [1.29, 1.82) is 5.26 Å². The Hall–Kier alpha value is -1.04. The Morgan fingerprint density at radius 1 is 1.46 bits per heavy atom. The molecule has 1 N–H and O–H groups in total. The van der Waals surface area contributed by atoms with Gasteiger partial charge in [-0.25, -0.2) is 0 Å². The molecule has 0 radical (unpaired) electrons. The maximum Gasteiger partial charge on any atom is 0.221 e. The van der Waals surface area contributed by atoms with Crippen LogP contribution in [0.2, 0.25) is 0 Å². The summed E-state index contributed by atoms with van der Waals surface area (Å²) < 4.78 is 0. The number of hydrogen-bond donors (Lipinski definition) is 1. The van der Waals surface area contributed by atoms with Gasteiger partial charge in [-0.3, -0.25) is 4.79 Å². The van der Waals surface area contributed by atoms with E-state index in [1.165, 1.54) is 6.42 Å². The van der Waals surface area contributed by atoms with Gasteiger partial charge in [0.2, 0.25) is 5.91 Å². The second-order valence-electron chi connectivity index (χ2n) is 3.80. The third kappa shape index (κ3) is 2.45. The van der Waals surface area contributed by atoms with Gasteiger partial charge in [0.15, 0.2) is 0 Å². The van der Waals surface area contributed by atoms with Gasteiger partial charge in [-0.2, -0.15) is 5.26 Å².